The zero-order valence-corrected chi connectivity index (χ0v) is 18.4. The zero-order chi connectivity index (χ0) is 21.7. The number of nitrogens with zero attached hydrogens (tertiary/aromatic N) is 1. The number of likely N-dealkylation sites (tertiary alicyclic amines) is 1. The van der Waals surface area contributed by atoms with Gasteiger partial charge in [-0.05, 0) is 55.6 Å². The molecule has 30 heavy (non-hydrogen) atoms. The van der Waals surface area contributed by atoms with Crippen LogP contribution >= 0.6 is 11.3 Å². The van der Waals surface area contributed by atoms with Crippen molar-refractivity contribution in [3.8, 4) is 0 Å². The van der Waals surface area contributed by atoms with Gasteiger partial charge in [0.15, 0.2) is 0 Å². The Balaban J connectivity index is 1.88. The van der Waals surface area contributed by atoms with E-state index >= 15 is 0 Å². The Labute approximate surface area is 179 Å². The van der Waals surface area contributed by atoms with Crippen LogP contribution in [0.4, 0.5) is 0 Å². The number of methoxy groups -OCH3 is 2. The molecule has 1 N–H and O–H groups in total. The predicted molar refractivity (Wildman–Crippen MR) is 112 cm³/mol. The van der Waals surface area contributed by atoms with Gasteiger partial charge in [-0.25, -0.2) is 22.7 Å². The van der Waals surface area contributed by atoms with Crippen molar-refractivity contribution < 1.29 is 27.5 Å². The number of esters is 2. The van der Waals surface area contributed by atoms with Crippen LogP contribution < -0.4 is 4.72 Å². The average Bonchev–Trinajstić information content (AvgIpc) is 3.47. The minimum Gasteiger partial charge on any atom is -0.465 e. The number of sulfonamides is 1. The van der Waals surface area contributed by atoms with Gasteiger partial charge in [-0.1, -0.05) is 6.07 Å². The Morgan fingerprint density at radius 3 is 2.20 bits per heavy atom. The Morgan fingerprint density at radius 1 is 1.10 bits per heavy atom. The number of carbonyl (C=O) groups excluding carboxylic acids is 2. The van der Waals surface area contributed by atoms with Crippen molar-refractivity contribution in [1.82, 2.24) is 9.62 Å². The number of hydrogen-bond donors (Lipinski definition) is 1. The first kappa shape index (κ1) is 22.4. The molecule has 1 aromatic heterocycles. The summed E-state index contributed by atoms with van der Waals surface area (Å²) in [5.41, 5.74) is -0.0924. The summed E-state index contributed by atoms with van der Waals surface area (Å²) in [7, 11) is -1.63. The second-order valence-corrected chi connectivity index (χ2v) is 9.60. The SMILES string of the molecule is COC(=O)c1cc(C(=O)OC)cc(S(=O)(=O)NCC(c2cccs2)N2CCCC2)c1. The average molecular weight is 453 g/mol. The fourth-order valence-electron chi connectivity index (χ4n) is 3.44. The van der Waals surface area contributed by atoms with Crippen molar-refractivity contribution in [3.05, 3.63) is 51.7 Å². The molecule has 0 saturated carbocycles. The molecule has 1 atom stereocenters. The molecule has 1 aliphatic rings. The van der Waals surface area contributed by atoms with E-state index in [0.717, 1.165) is 30.8 Å². The summed E-state index contributed by atoms with van der Waals surface area (Å²) >= 11 is 1.58. The lowest BCUT2D eigenvalue weighted by Gasteiger charge is -2.27. The molecule has 1 saturated heterocycles. The maximum atomic E-state index is 13.0. The minimum atomic E-state index is -3.99. The molecule has 0 radical (unpaired) electrons. The van der Waals surface area contributed by atoms with Gasteiger partial charge in [0.25, 0.3) is 0 Å². The predicted octanol–water partition coefficient (Wildman–Crippen LogP) is 2.44. The van der Waals surface area contributed by atoms with Crippen LogP contribution in [0.25, 0.3) is 0 Å². The summed E-state index contributed by atoms with van der Waals surface area (Å²) < 4.78 is 38.0. The minimum absolute atomic E-state index is 0.0462. The van der Waals surface area contributed by atoms with Gasteiger partial charge in [0.05, 0.1) is 36.3 Å². The van der Waals surface area contributed by atoms with Gasteiger partial charge in [-0.15, -0.1) is 11.3 Å². The molecule has 0 amide bonds. The van der Waals surface area contributed by atoms with Crippen molar-refractivity contribution >= 4 is 33.3 Å². The Bertz CT molecular complexity index is 964. The molecule has 0 aliphatic carbocycles. The molecule has 0 spiro atoms. The van der Waals surface area contributed by atoms with E-state index in [2.05, 4.69) is 19.1 Å². The van der Waals surface area contributed by atoms with E-state index in [1.807, 2.05) is 17.5 Å². The lowest BCUT2D eigenvalue weighted by Crippen LogP contribution is -2.36. The first-order valence-electron chi connectivity index (χ1n) is 9.44. The van der Waals surface area contributed by atoms with Crippen LogP contribution in [-0.2, 0) is 19.5 Å². The Morgan fingerprint density at radius 2 is 1.70 bits per heavy atom. The smallest absolute Gasteiger partial charge is 0.337 e. The van der Waals surface area contributed by atoms with E-state index in [1.165, 1.54) is 32.4 Å². The monoisotopic (exact) mass is 452 g/mol. The normalized spacial score (nSPS) is 15.7. The molecule has 1 unspecified atom stereocenters. The lowest BCUT2D eigenvalue weighted by atomic mass is 10.1. The summed E-state index contributed by atoms with van der Waals surface area (Å²) in [6.45, 7) is 2.00. The first-order chi connectivity index (χ1) is 14.4. The van der Waals surface area contributed by atoms with Gasteiger partial charge in [0.2, 0.25) is 10.0 Å². The molecular formula is C20H24N2O6S2. The third-order valence-electron chi connectivity index (χ3n) is 4.98. The summed E-state index contributed by atoms with van der Waals surface area (Å²) in [6, 6.07) is 7.49. The van der Waals surface area contributed by atoms with E-state index in [1.54, 1.807) is 11.3 Å². The molecule has 2 heterocycles. The van der Waals surface area contributed by atoms with Crippen LogP contribution in [0.1, 0.15) is 44.5 Å². The molecule has 10 heteroatoms. The fraction of sp³-hybridized carbons (Fsp3) is 0.400. The van der Waals surface area contributed by atoms with Gasteiger partial charge >= 0.3 is 11.9 Å². The standard InChI is InChI=1S/C20H24N2O6S2/c1-27-19(23)14-10-15(20(24)28-2)12-16(11-14)30(25,26)21-13-17(18-6-5-9-29-18)22-7-3-4-8-22/h5-6,9-12,17,21H,3-4,7-8,13H2,1-2H3. The van der Waals surface area contributed by atoms with E-state index in [9.17, 15) is 18.0 Å². The van der Waals surface area contributed by atoms with E-state index in [4.69, 9.17) is 0 Å². The summed E-state index contributed by atoms with van der Waals surface area (Å²) in [5.74, 6) is -1.49. The third-order valence-corrected chi connectivity index (χ3v) is 7.36. The summed E-state index contributed by atoms with van der Waals surface area (Å²) in [5, 5.41) is 1.97. The molecule has 0 bridgehead atoms. The topological polar surface area (TPSA) is 102 Å². The molecule has 8 nitrogen and oxygen atoms in total. The number of hydrogen-bond acceptors (Lipinski definition) is 8. The van der Waals surface area contributed by atoms with Gasteiger partial charge in [0, 0.05) is 11.4 Å². The van der Waals surface area contributed by atoms with Crippen LogP contribution in [0.15, 0.2) is 40.6 Å². The van der Waals surface area contributed by atoms with Crippen LogP contribution in [0, 0.1) is 0 Å². The molecule has 1 aromatic carbocycles. The quantitative estimate of drug-likeness (QED) is 0.614. The van der Waals surface area contributed by atoms with Gasteiger partial charge < -0.3 is 9.47 Å². The number of carbonyl (C=O) groups is 2. The largest absolute Gasteiger partial charge is 0.465 e. The van der Waals surface area contributed by atoms with E-state index in [-0.39, 0.29) is 28.6 Å². The Hall–Kier alpha value is -2.27. The molecule has 3 rings (SSSR count). The lowest BCUT2D eigenvalue weighted by molar-refractivity contribution is 0.0598. The van der Waals surface area contributed by atoms with Crippen LogP contribution in [0.3, 0.4) is 0 Å². The highest BCUT2D eigenvalue weighted by Crippen LogP contribution is 2.28. The highest BCUT2D eigenvalue weighted by molar-refractivity contribution is 7.89. The summed E-state index contributed by atoms with van der Waals surface area (Å²) in [4.78, 5) is 27.1. The van der Waals surface area contributed by atoms with Crippen molar-refractivity contribution in [2.45, 2.75) is 23.8 Å². The maximum absolute atomic E-state index is 13.0. The highest BCUT2D eigenvalue weighted by atomic mass is 32.2. The second-order valence-electron chi connectivity index (χ2n) is 6.86. The maximum Gasteiger partial charge on any atom is 0.337 e. The summed E-state index contributed by atoms with van der Waals surface area (Å²) in [6.07, 6.45) is 2.16. The molecule has 1 aliphatic heterocycles. The van der Waals surface area contributed by atoms with Crippen molar-refractivity contribution in [1.29, 1.82) is 0 Å². The molecular weight excluding hydrogens is 428 g/mol. The fourth-order valence-corrected chi connectivity index (χ4v) is 5.41. The number of thiophene rings is 1. The van der Waals surface area contributed by atoms with Crippen molar-refractivity contribution in [2.24, 2.45) is 0 Å². The zero-order valence-electron chi connectivity index (χ0n) is 16.8. The molecule has 1 fully saturated rings. The van der Waals surface area contributed by atoms with Crippen LogP contribution in [0.2, 0.25) is 0 Å². The highest BCUT2D eigenvalue weighted by Gasteiger charge is 2.27. The molecule has 162 valence electrons. The van der Waals surface area contributed by atoms with Crippen LogP contribution in [-0.4, -0.2) is 59.1 Å². The van der Waals surface area contributed by atoms with Gasteiger partial charge in [0.1, 0.15) is 0 Å². The number of benzene rings is 1. The van der Waals surface area contributed by atoms with Gasteiger partial charge in [-0.3, -0.25) is 4.90 Å². The number of ether oxygens (including phenoxy) is 2. The van der Waals surface area contributed by atoms with Crippen molar-refractivity contribution in [2.75, 3.05) is 33.9 Å². The number of nitrogens with one attached hydrogen (secondary N) is 1. The van der Waals surface area contributed by atoms with Gasteiger partial charge in [-0.2, -0.15) is 0 Å². The molecule has 2 aromatic rings. The van der Waals surface area contributed by atoms with Crippen LogP contribution in [0.5, 0.6) is 0 Å². The third kappa shape index (κ3) is 5.07. The van der Waals surface area contributed by atoms with Crippen molar-refractivity contribution in [3.63, 3.8) is 0 Å². The van der Waals surface area contributed by atoms with E-state index in [0.29, 0.717) is 0 Å². The Kier molecular flexibility index (Phi) is 7.24. The van der Waals surface area contributed by atoms with E-state index < -0.39 is 22.0 Å². The second kappa shape index (κ2) is 9.69. The first-order valence-corrected chi connectivity index (χ1v) is 11.8. The number of rotatable bonds is 8.